The lowest BCUT2D eigenvalue weighted by Crippen LogP contribution is -2.44. The average molecular weight is 158 g/mol. The number of terminal acetylenes is 1. The Morgan fingerprint density at radius 2 is 2.27 bits per heavy atom. The molecule has 0 aromatic carbocycles. The molecule has 0 saturated heterocycles. The highest BCUT2D eigenvalue weighted by molar-refractivity contribution is 5.51. The van der Waals surface area contributed by atoms with Crippen molar-refractivity contribution in [2.24, 2.45) is 0 Å². The lowest BCUT2D eigenvalue weighted by atomic mass is 9.97. The second-order valence-electron chi connectivity index (χ2n) is 2.14. The summed E-state index contributed by atoms with van der Waals surface area (Å²) in [6, 6.07) is 0. The summed E-state index contributed by atoms with van der Waals surface area (Å²) in [7, 11) is 0. The van der Waals surface area contributed by atoms with Crippen LogP contribution >= 0.6 is 0 Å². The van der Waals surface area contributed by atoms with E-state index in [9.17, 15) is 4.79 Å². The molecule has 0 aliphatic heterocycles. The van der Waals surface area contributed by atoms with Crippen LogP contribution in [0, 0.1) is 12.3 Å². The minimum atomic E-state index is -2.00. The number of carbonyl (C=O) groups excluding carboxylic acids is 1. The molecule has 0 aromatic heterocycles. The van der Waals surface area contributed by atoms with Crippen LogP contribution in [0.25, 0.3) is 0 Å². The number of aliphatic hydroxyl groups is 3. The van der Waals surface area contributed by atoms with Crippen molar-refractivity contribution in [1.29, 1.82) is 0 Å². The van der Waals surface area contributed by atoms with Crippen molar-refractivity contribution in [2.75, 3.05) is 6.61 Å². The molecule has 0 amide bonds. The zero-order chi connectivity index (χ0) is 8.91. The van der Waals surface area contributed by atoms with Crippen LogP contribution in [0.3, 0.4) is 0 Å². The summed E-state index contributed by atoms with van der Waals surface area (Å²) in [6.07, 6.45) is 3.53. The Bertz CT molecular complexity index is 172. The highest BCUT2D eigenvalue weighted by Gasteiger charge is 2.32. The number of hydrogen-bond acceptors (Lipinski definition) is 4. The van der Waals surface area contributed by atoms with Gasteiger partial charge in [-0.05, 0) is 0 Å². The predicted octanol–water partition coefficient (Wildman–Crippen LogP) is -1.71. The van der Waals surface area contributed by atoms with E-state index in [1.165, 1.54) is 0 Å². The van der Waals surface area contributed by atoms with E-state index in [2.05, 4.69) is 0 Å². The smallest absolute Gasteiger partial charge is 0.174 e. The van der Waals surface area contributed by atoms with Crippen molar-refractivity contribution in [3.8, 4) is 12.3 Å². The molecule has 0 aromatic rings. The van der Waals surface area contributed by atoms with Crippen molar-refractivity contribution in [3.63, 3.8) is 0 Å². The van der Waals surface area contributed by atoms with E-state index in [1.54, 1.807) is 0 Å². The third-order valence-electron chi connectivity index (χ3n) is 1.36. The second kappa shape index (κ2) is 4.09. The maximum absolute atomic E-state index is 9.87. The van der Waals surface area contributed by atoms with Crippen molar-refractivity contribution < 1.29 is 20.1 Å². The van der Waals surface area contributed by atoms with Gasteiger partial charge < -0.3 is 20.1 Å². The first-order valence-electron chi connectivity index (χ1n) is 3.03. The molecular weight excluding hydrogens is 148 g/mol. The van der Waals surface area contributed by atoms with Gasteiger partial charge in [-0.25, -0.2) is 0 Å². The zero-order valence-corrected chi connectivity index (χ0v) is 5.90. The Morgan fingerprint density at radius 3 is 2.55 bits per heavy atom. The SMILES string of the molecule is C#CC(O)(CO)C(O)CC=O. The van der Waals surface area contributed by atoms with Gasteiger partial charge in [-0.1, -0.05) is 5.92 Å². The lowest BCUT2D eigenvalue weighted by Gasteiger charge is -2.23. The predicted molar refractivity (Wildman–Crippen MR) is 37.6 cm³/mol. The topological polar surface area (TPSA) is 77.8 Å². The van der Waals surface area contributed by atoms with Crippen molar-refractivity contribution in [1.82, 2.24) is 0 Å². The molecule has 0 fully saturated rings. The molecule has 0 spiro atoms. The first kappa shape index (κ1) is 10.1. The van der Waals surface area contributed by atoms with Crippen LogP contribution in [-0.4, -0.2) is 39.9 Å². The summed E-state index contributed by atoms with van der Waals surface area (Å²) < 4.78 is 0. The van der Waals surface area contributed by atoms with Gasteiger partial charge in [-0.15, -0.1) is 6.42 Å². The molecule has 0 bridgehead atoms. The maximum Gasteiger partial charge on any atom is 0.174 e. The quantitative estimate of drug-likeness (QED) is 0.336. The van der Waals surface area contributed by atoms with Crippen LogP contribution in [0.15, 0.2) is 0 Å². The summed E-state index contributed by atoms with van der Waals surface area (Å²) in [6.45, 7) is -0.765. The lowest BCUT2D eigenvalue weighted by molar-refractivity contribution is -0.115. The number of rotatable bonds is 4. The fourth-order valence-corrected chi connectivity index (χ4v) is 0.533. The number of aliphatic hydroxyl groups excluding tert-OH is 2. The van der Waals surface area contributed by atoms with Gasteiger partial charge >= 0.3 is 0 Å². The fraction of sp³-hybridized carbons (Fsp3) is 0.571. The molecule has 2 unspecified atom stereocenters. The molecule has 2 atom stereocenters. The van der Waals surface area contributed by atoms with Crippen LogP contribution < -0.4 is 0 Å². The minimum absolute atomic E-state index is 0.290. The summed E-state index contributed by atoms with van der Waals surface area (Å²) in [5.74, 6) is 1.81. The fourth-order valence-electron chi connectivity index (χ4n) is 0.533. The van der Waals surface area contributed by atoms with Crippen LogP contribution in [0.5, 0.6) is 0 Å². The van der Waals surface area contributed by atoms with Crippen LogP contribution in [-0.2, 0) is 4.79 Å². The Morgan fingerprint density at radius 1 is 1.73 bits per heavy atom. The van der Waals surface area contributed by atoms with Crippen LogP contribution in [0.4, 0.5) is 0 Å². The second-order valence-corrected chi connectivity index (χ2v) is 2.14. The maximum atomic E-state index is 9.87. The standard InChI is InChI=1S/C7H10O4/c1-2-7(11,5-9)6(10)3-4-8/h1,4,6,9-11H,3,5H2. The summed E-state index contributed by atoms with van der Waals surface area (Å²) in [5.41, 5.74) is -2.00. The van der Waals surface area contributed by atoms with E-state index in [0.717, 1.165) is 0 Å². The average Bonchev–Trinajstić information content (AvgIpc) is 2.03. The van der Waals surface area contributed by atoms with E-state index in [0.29, 0.717) is 6.29 Å². The molecule has 0 saturated carbocycles. The monoisotopic (exact) mass is 158 g/mol. The Kier molecular flexibility index (Phi) is 3.76. The van der Waals surface area contributed by atoms with Crippen LogP contribution in [0.2, 0.25) is 0 Å². The van der Waals surface area contributed by atoms with E-state index >= 15 is 0 Å². The summed E-state index contributed by atoms with van der Waals surface area (Å²) in [4.78, 5) is 9.87. The molecule has 3 N–H and O–H groups in total. The summed E-state index contributed by atoms with van der Waals surface area (Å²) >= 11 is 0. The van der Waals surface area contributed by atoms with Gasteiger partial charge in [0, 0.05) is 6.42 Å². The van der Waals surface area contributed by atoms with E-state index in [4.69, 9.17) is 21.7 Å². The number of carbonyl (C=O) groups is 1. The first-order chi connectivity index (χ1) is 5.10. The largest absolute Gasteiger partial charge is 0.392 e. The summed E-state index contributed by atoms with van der Waals surface area (Å²) in [5, 5.41) is 26.6. The van der Waals surface area contributed by atoms with Gasteiger partial charge in [-0.3, -0.25) is 0 Å². The molecule has 11 heavy (non-hydrogen) atoms. The molecule has 0 heterocycles. The molecule has 4 nitrogen and oxygen atoms in total. The van der Waals surface area contributed by atoms with E-state index < -0.39 is 18.3 Å². The van der Waals surface area contributed by atoms with Gasteiger partial charge in [-0.2, -0.15) is 0 Å². The molecule has 4 heteroatoms. The van der Waals surface area contributed by atoms with Crippen LogP contribution in [0.1, 0.15) is 6.42 Å². The highest BCUT2D eigenvalue weighted by Crippen LogP contribution is 2.10. The minimum Gasteiger partial charge on any atom is -0.392 e. The number of hydrogen-bond donors (Lipinski definition) is 3. The van der Waals surface area contributed by atoms with Crippen molar-refractivity contribution >= 4 is 6.29 Å². The van der Waals surface area contributed by atoms with Crippen molar-refractivity contribution in [2.45, 2.75) is 18.1 Å². The van der Waals surface area contributed by atoms with Gasteiger partial charge in [0.1, 0.15) is 12.4 Å². The zero-order valence-electron chi connectivity index (χ0n) is 5.90. The third-order valence-corrected chi connectivity index (χ3v) is 1.36. The molecule has 0 aliphatic rings. The Labute approximate surface area is 64.5 Å². The normalized spacial score (nSPS) is 18.0. The first-order valence-corrected chi connectivity index (χ1v) is 3.03. The van der Waals surface area contributed by atoms with Crippen molar-refractivity contribution in [3.05, 3.63) is 0 Å². The molecular formula is C7H10O4. The highest BCUT2D eigenvalue weighted by atomic mass is 16.4. The van der Waals surface area contributed by atoms with Gasteiger partial charge in [0.25, 0.3) is 0 Å². The van der Waals surface area contributed by atoms with E-state index in [1.807, 2.05) is 5.92 Å². The number of aldehydes is 1. The van der Waals surface area contributed by atoms with Gasteiger partial charge in [0.05, 0.1) is 6.61 Å². The molecule has 0 radical (unpaired) electrons. The van der Waals surface area contributed by atoms with E-state index in [-0.39, 0.29) is 6.42 Å². The molecule has 0 aliphatic carbocycles. The van der Waals surface area contributed by atoms with Gasteiger partial charge in [0.2, 0.25) is 0 Å². The Balaban J connectivity index is 4.26. The van der Waals surface area contributed by atoms with Gasteiger partial charge in [0.15, 0.2) is 5.60 Å². The molecule has 62 valence electrons. The molecule has 0 rings (SSSR count). The Hall–Kier alpha value is -0.890. The third kappa shape index (κ3) is 2.31.